The van der Waals surface area contributed by atoms with Crippen molar-refractivity contribution in [3.05, 3.63) is 77.9 Å². The van der Waals surface area contributed by atoms with E-state index in [1.165, 1.54) is 5.56 Å². The lowest BCUT2D eigenvalue weighted by Gasteiger charge is -2.12. The summed E-state index contributed by atoms with van der Waals surface area (Å²) in [7, 11) is 0. The predicted octanol–water partition coefficient (Wildman–Crippen LogP) is 5.47. The average molecular weight is 305 g/mol. The lowest BCUT2D eigenvalue weighted by Crippen LogP contribution is -1.91. The lowest BCUT2D eigenvalue weighted by molar-refractivity contribution is 0.458. The molecular weight excluding hydrogens is 286 g/mol. The van der Waals surface area contributed by atoms with Crippen LogP contribution in [0, 0.1) is 13.8 Å². The van der Waals surface area contributed by atoms with Crippen molar-refractivity contribution in [1.29, 1.82) is 0 Å². The number of benzene rings is 3. The second-order valence-electron chi connectivity index (χ2n) is 5.45. The third-order valence-electron chi connectivity index (χ3n) is 3.70. The fourth-order valence-corrected chi connectivity index (χ4v) is 2.23. The molecule has 0 aromatic heterocycles. The molecule has 0 aliphatic heterocycles. The van der Waals surface area contributed by atoms with Gasteiger partial charge < -0.3 is 15.2 Å². The monoisotopic (exact) mass is 305 g/mol. The van der Waals surface area contributed by atoms with Crippen LogP contribution in [0.1, 0.15) is 11.1 Å². The molecule has 3 rings (SSSR count). The van der Waals surface area contributed by atoms with E-state index in [0.717, 1.165) is 28.6 Å². The topological polar surface area (TPSA) is 44.5 Å². The van der Waals surface area contributed by atoms with Crippen molar-refractivity contribution in [3.8, 4) is 23.0 Å². The summed E-state index contributed by atoms with van der Waals surface area (Å²) in [4.78, 5) is 0. The van der Waals surface area contributed by atoms with Gasteiger partial charge in [-0.1, -0.05) is 18.2 Å². The minimum Gasteiger partial charge on any atom is -0.457 e. The van der Waals surface area contributed by atoms with Gasteiger partial charge in [-0.05, 0) is 67.4 Å². The number of rotatable bonds is 4. The minimum absolute atomic E-state index is 0.712. The van der Waals surface area contributed by atoms with Crippen LogP contribution in [0.15, 0.2) is 66.7 Å². The second kappa shape index (κ2) is 6.44. The molecule has 0 radical (unpaired) electrons. The van der Waals surface area contributed by atoms with E-state index in [1.54, 1.807) is 0 Å². The first kappa shape index (κ1) is 15.0. The summed E-state index contributed by atoms with van der Waals surface area (Å²) in [5.74, 6) is 3.06. The summed E-state index contributed by atoms with van der Waals surface area (Å²) >= 11 is 0. The minimum atomic E-state index is 0.712. The SMILES string of the molecule is Cc1cccc(Oc2cccc(Oc3ccc(N)cc3)c2)c1C. The van der Waals surface area contributed by atoms with Gasteiger partial charge in [-0.25, -0.2) is 0 Å². The van der Waals surface area contributed by atoms with Crippen LogP contribution < -0.4 is 15.2 Å². The highest BCUT2D eigenvalue weighted by atomic mass is 16.5. The highest BCUT2D eigenvalue weighted by molar-refractivity contribution is 5.45. The van der Waals surface area contributed by atoms with Gasteiger partial charge in [0.15, 0.2) is 0 Å². The number of hydrogen-bond acceptors (Lipinski definition) is 3. The predicted molar refractivity (Wildman–Crippen MR) is 93.4 cm³/mol. The van der Waals surface area contributed by atoms with E-state index in [9.17, 15) is 0 Å². The van der Waals surface area contributed by atoms with Gasteiger partial charge in [0.1, 0.15) is 23.0 Å². The van der Waals surface area contributed by atoms with Gasteiger partial charge in [0.25, 0.3) is 0 Å². The Bertz CT molecular complexity index is 810. The van der Waals surface area contributed by atoms with Crippen LogP contribution in [0.4, 0.5) is 5.69 Å². The van der Waals surface area contributed by atoms with E-state index in [1.807, 2.05) is 60.7 Å². The van der Waals surface area contributed by atoms with Crippen molar-refractivity contribution in [2.24, 2.45) is 0 Å². The van der Waals surface area contributed by atoms with E-state index >= 15 is 0 Å². The fraction of sp³-hybridized carbons (Fsp3) is 0.100. The Balaban J connectivity index is 1.79. The van der Waals surface area contributed by atoms with Crippen LogP contribution >= 0.6 is 0 Å². The number of hydrogen-bond donors (Lipinski definition) is 1. The molecule has 0 amide bonds. The van der Waals surface area contributed by atoms with Gasteiger partial charge in [0.05, 0.1) is 0 Å². The smallest absolute Gasteiger partial charge is 0.131 e. The average Bonchev–Trinajstić information content (AvgIpc) is 2.54. The highest BCUT2D eigenvalue weighted by Crippen LogP contribution is 2.30. The molecule has 2 N–H and O–H groups in total. The van der Waals surface area contributed by atoms with Crippen LogP contribution in [0.3, 0.4) is 0 Å². The fourth-order valence-electron chi connectivity index (χ4n) is 2.23. The molecule has 3 aromatic rings. The van der Waals surface area contributed by atoms with E-state index in [2.05, 4.69) is 19.9 Å². The quantitative estimate of drug-likeness (QED) is 0.650. The van der Waals surface area contributed by atoms with E-state index < -0.39 is 0 Å². The Hall–Kier alpha value is -2.94. The molecule has 3 nitrogen and oxygen atoms in total. The third-order valence-corrected chi connectivity index (χ3v) is 3.70. The molecule has 0 aliphatic carbocycles. The lowest BCUT2D eigenvalue weighted by atomic mass is 10.1. The summed E-state index contributed by atoms with van der Waals surface area (Å²) < 4.78 is 11.8. The van der Waals surface area contributed by atoms with Gasteiger partial charge in [-0.2, -0.15) is 0 Å². The summed E-state index contributed by atoms with van der Waals surface area (Å²) in [6.45, 7) is 4.13. The summed E-state index contributed by atoms with van der Waals surface area (Å²) in [6.07, 6.45) is 0. The first-order valence-electron chi connectivity index (χ1n) is 7.49. The molecule has 3 aromatic carbocycles. The maximum Gasteiger partial charge on any atom is 0.131 e. The van der Waals surface area contributed by atoms with Crippen LogP contribution in [0.2, 0.25) is 0 Å². The number of nitrogens with two attached hydrogens (primary N) is 1. The standard InChI is InChI=1S/C20H19NO2/c1-14-5-3-8-20(15(14)2)23-19-7-4-6-18(13-19)22-17-11-9-16(21)10-12-17/h3-13H,21H2,1-2H3. The molecule has 0 atom stereocenters. The maximum atomic E-state index is 5.99. The van der Waals surface area contributed by atoms with Crippen molar-refractivity contribution >= 4 is 5.69 Å². The van der Waals surface area contributed by atoms with E-state index in [0.29, 0.717) is 5.69 Å². The zero-order valence-electron chi connectivity index (χ0n) is 13.2. The molecular formula is C20H19NO2. The Labute approximate surface area is 136 Å². The van der Waals surface area contributed by atoms with E-state index in [4.69, 9.17) is 15.2 Å². The Morgan fingerprint density at radius 2 is 1.35 bits per heavy atom. The summed E-state index contributed by atoms with van der Waals surface area (Å²) in [5, 5.41) is 0. The molecule has 0 spiro atoms. The highest BCUT2D eigenvalue weighted by Gasteiger charge is 2.05. The van der Waals surface area contributed by atoms with Crippen LogP contribution in [0.5, 0.6) is 23.0 Å². The van der Waals surface area contributed by atoms with Gasteiger partial charge in [-0.3, -0.25) is 0 Å². The van der Waals surface area contributed by atoms with E-state index in [-0.39, 0.29) is 0 Å². The molecule has 23 heavy (non-hydrogen) atoms. The first-order valence-corrected chi connectivity index (χ1v) is 7.49. The maximum absolute atomic E-state index is 5.99. The number of ether oxygens (including phenoxy) is 2. The molecule has 0 saturated carbocycles. The Morgan fingerprint density at radius 3 is 2.09 bits per heavy atom. The summed E-state index contributed by atoms with van der Waals surface area (Å²) in [5.41, 5.74) is 8.74. The summed E-state index contributed by atoms with van der Waals surface area (Å²) in [6, 6.07) is 20.9. The molecule has 0 bridgehead atoms. The van der Waals surface area contributed by atoms with Gasteiger partial charge >= 0.3 is 0 Å². The van der Waals surface area contributed by atoms with Gasteiger partial charge in [0, 0.05) is 11.8 Å². The zero-order chi connectivity index (χ0) is 16.2. The normalized spacial score (nSPS) is 10.3. The molecule has 0 fully saturated rings. The van der Waals surface area contributed by atoms with Crippen molar-refractivity contribution in [2.75, 3.05) is 5.73 Å². The molecule has 116 valence electrons. The van der Waals surface area contributed by atoms with Crippen molar-refractivity contribution in [1.82, 2.24) is 0 Å². The largest absolute Gasteiger partial charge is 0.457 e. The molecule has 0 aliphatic rings. The number of nitrogen functional groups attached to an aromatic ring is 1. The van der Waals surface area contributed by atoms with Crippen molar-refractivity contribution in [2.45, 2.75) is 13.8 Å². The molecule has 0 heterocycles. The molecule has 3 heteroatoms. The van der Waals surface area contributed by atoms with Crippen molar-refractivity contribution < 1.29 is 9.47 Å². The van der Waals surface area contributed by atoms with Gasteiger partial charge in [0.2, 0.25) is 0 Å². The van der Waals surface area contributed by atoms with Crippen molar-refractivity contribution in [3.63, 3.8) is 0 Å². The van der Waals surface area contributed by atoms with Crippen LogP contribution in [0.25, 0.3) is 0 Å². The molecule has 0 saturated heterocycles. The number of aryl methyl sites for hydroxylation is 1. The third kappa shape index (κ3) is 3.64. The van der Waals surface area contributed by atoms with Gasteiger partial charge in [-0.15, -0.1) is 0 Å². The second-order valence-corrected chi connectivity index (χ2v) is 5.45. The Morgan fingerprint density at radius 1 is 0.696 bits per heavy atom. The first-order chi connectivity index (χ1) is 11.1. The number of anilines is 1. The zero-order valence-corrected chi connectivity index (χ0v) is 13.2. The molecule has 0 unspecified atom stereocenters. The Kier molecular flexibility index (Phi) is 4.20. The van der Waals surface area contributed by atoms with Crippen LogP contribution in [-0.4, -0.2) is 0 Å². The van der Waals surface area contributed by atoms with Crippen LogP contribution in [-0.2, 0) is 0 Å².